The molecule has 0 aliphatic carbocycles. The first-order valence-corrected chi connectivity index (χ1v) is 7.49. The van der Waals surface area contributed by atoms with E-state index in [1.165, 1.54) is 6.20 Å². The zero-order valence-corrected chi connectivity index (χ0v) is 13.2. The number of hydrogen-bond donors (Lipinski definition) is 1. The molecule has 2 N–H and O–H groups in total. The Labute approximate surface area is 141 Å². The maximum atomic E-state index is 13.0. The Balaban J connectivity index is 2.10. The molecule has 1 heterocycles. The summed E-state index contributed by atoms with van der Waals surface area (Å²) in [7, 11) is 0. The summed E-state index contributed by atoms with van der Waals surface area (Å²) >= 11 is 0. The van der Waals surface area contributed by atoms with Gasteiger partial charge in [0.15, 0.2) is 0 Å². The Morgan fingerprint density at radius 2 is 1.84 bits per heavy atom. The lowest BCUT2D eigenvalue weighted by molar-refractivity contribution is -0.146. The van der Waals surface area contributed by atoms with Gasteiger partial charge in [-0.25, -0.2) is 0 Å². The Bertz CT molecular complexity index is 954. The Morgan fingerprint density at radius 1 is 1.12 bits per heavy atom. The van der Waals surface area contributed by atoms with Crippen molar-refractivity contribution in [3.63, 3.8) is 0 Å². The summed E-state index contributed by atoms with van der Waals surface area (Å²) in [5, 5.41) is 8.33. The van der Waals surface area contributed by atoms with Gasteiger partial charge in [0.1, 0.15) is 0 Å². The molecule has 0 radical (unpaired) electrons. The number of hydrogen-bond acceptors (Lipinski definition) is 3. The van der Waals surface area contributed by atoms with Crippen LogP contribution in [0.3, 0.4) is 0 Å². The monoisotopic (exact) mass is 345 g/mol. The van der Waals surface area contributed by atoms with Crippen LogP contribution < -0.4 is 5.73 Å². The molecular weight excluding hydrogens is 331 g/mol. The first-order valence-electron chi connectivity index (χ1n) is 7.49. The molecule has 0 spiro atoms. The molecule has 25 heavy (non-hydrogen) atoms. The van der Waals surface area contributed by atoms with Crippen molar-refractivity contribution in [1.82, 2.24) is 10.2 Å². The fourth-order valence-electron chi connectivity index (χ4n) is 2.62. The first-order chi connectivity index (χ1) is 11.8. The molecule has 0 saturated carbocycles. The van der Waals surface area contributed by atoms with Crippen LogP contribution in [0.1, 0.15) is 28.9 Å². The van der Waals surface area contributed by atoms with Crippen LogP contribution in [0.4, 0.5) is 13.2 Å². The minimum absolute atomic E-state index is 0.109. The van der Waals surface area contributed by atoms with Crippen LogP contribution in [0.2, 0.25) is 0 Å². The van der Waals surface area contributed by atoms with Gasteiger partial charge in [-0.15, -0.1) is 0 Å². The van der Waals surface area contributed by atoms with E-state index in [-0.39, 0.29) is 5.69 Å². The molecule has 1 atom stereocenters. The SMILES string of the molecule is C[C@H](c1nncc2cc(-c3cccc(C(N)=O)c3)ccc12)C(F)(F)F. The van der Waals surface area contributed by atoms with Gasteiger partial charge in [0.2, 0.25) is 5.91 Å². The predicted octanol–water partition coefficient (Wildman–Crippen LogP) is 4.06. The van der Waals surface area contributed by atoms with Gasteiger partial charge in [0.25, 0.3) is 0 Å². The van der Waals surface area contributed by atoms with Gasteiger partial charge in [-0.3, -0.25) is 4.79 Å². The second-order valence-electron chi connectivity index (χ2n) is 5.74. The van der Waals surface area contributed by atoms with Crippen molar-refractivity contribution in [3.05, 3.63) is 59.9 Å². The van der Waals surface area contributed by atoms with Gasteiger partial charge in [-0.05, 0) is 36.2 Å². The molecule has 0 unspecified atom stereocenters. The van der Waals surface area contributed by atoms with E-state index >= 15 is 0 Å². The molecule has 3 rings (SSSR count). The molecule has 0 aliphatic heterocycles. The second-order valence-corrected chi connectivity index (χ2v) is 5.74. The fraction of sp³-hybridized carbons (Fsp3) is 0.167. The molecule has 0 aliphatic rings. The largest absolute Gasteiger partial charge is 0.397 e. The number of nitrogens with zero attached hydrogens (tertiary/aromatic N) is 2. The van der Waals surface area contributed by atoms with Gasteiger partial charge >= 0.3 is 6.18 Å². The Hall–Kier alpha value is -2.96. The van der Waals surface area contributed by atoms with E-state index in [2.05, 4.69) is 10.2 Å². The lowest BCUT2D eigenvalue weighted by Crippen LogP contribution is -2.19. The number of halogens is 3. The standard InChI is InChI=1S/C18H14F3N3O/c1-10(18(19,20)21)16-15-6-5-12(8-14(15)9-23-24-16)11-3-2-4-13(7-11)17(22)25/h2-10H,1H3,(H2,22,25)/t10-/m1/s1. The highest BCUT2D eigenvalue weighted by molar-refractivity contribution is 5.95. The average molecular weight is 345 g/mol. The number of benzene rings is 2. The van der Waals surface area contributed by atoms with Gasteiger partial charge in [-0.2, -0.15) is 23.4 Å². The third kappa shape index (κ3) is 3.31. The minimum Gasteiger partial charge on any atom is -0.366 e. The maximum Gasteiger partial charge on any atom is 0.397 e. The summed E-state index contributed by atoms with van der Waals surface area (Å²) in [5.41, 5.74) is 7.01. The summed E-state index contributed by atoms with van der Waals surface area (Å²) in [6, 6.07) is 11.7. The van der Waals surface area contributed by atoms with E-state index in [9.17, 15) is 18.0 Å². The molecule has 0 saturated heterocycles. The van der Waals surface area contributed by atoms with E-state index in [1.807, 2.05) is 0 Å². The van der Waals surface area contributed by atoms with Crippen molar-refractivity contribution in [2.24, 2.45) is 5.73 Å². The second kappa shape index (κ2) is 6.16. The zero-order chi connectivity index (χ0) is 18.2. The molecule has 4 nitrogen and oxygen atoms in total. The summed E-state index contributed by atoms with van der Waals surface area (Å²) < 4.78 is 39.0. The van der Waals surface area contributed by atoms with E-state index in [1.54, 1.807) is 42.5 Å². The number of rotatable bonds is 3. The lowest BCUT2D eigenvalue weighted by atomic mass is 9.97. The molecule has 1 aromatic heterocycles. The van der Waals surface area contributed by atoms with Crippen molar-refractivity contribution in [3.8, 4) is 11.1 Å². The number of fused-ring (bicyclic) bond motifs is 1. The quantitative estimate of drug-likeness (QED) is 0.778. The molecule has 7 heteroatoms. The lowest BCUT2D eigenvalue weighted by Gasteiger charge is -2.16. The zero-order valence-electron chi connectivity index (χ0n) is 13.2. The smallest absolute Gasteiger partial charge is 0.366 e. The fourth-order valence-corrected chi connectivity index (χ4v) is 2.62. The first kappa shape index (κ1) is 16.9. The van der Waals surface area contributed by atoms with E-state index in [4.69, 9.17) is 5.73 Å². The van der Waals surface area contributed by atoms with Gasteiger partial charge in [-0.1, -0.05) is 24.3 Å². The van der Waals surface area contributed by atoms with Crippen molar-refractivity contribution < 1.29 is 18.0 Å². The topological polar surface area (TPSA) is 68.9 Å². The number of nitrogens with two attached hydrogens (primary N) is 1. The van der Waals surface area contributed by atoms with Crippen LogP contribution in [0, 0.1) is 0 Å². The predicted molar refractivity (Wildman–Crippen MR) is 88.0 cm³/mol. The van der Waals surface area contributed by atoms with Crippen molar-refractivity contribution >= 4 is 16.7 Å². The molecule has 0 fully saturated rings. The van der Waals surface area contributed by atoms with Gasteiger partial charge in [0.05, 0.1) is 17.8 Å². The summed E-state index contributed by atoms with van der Waals surface area (Å²) in [4.78, 5) is 11.3. The third-order valence-electron chi connectivity index (χ3n) is 4.07. The maximum absolute atomic E-state index is 13.0. The Morgan fingerprint density at radius 3 is 2.52 bits per heavy atom. The van der Waals surface area contributed by atoms with Gasteiger partial charge < -0.3 is 5.73 Å². The van der Waals surface area contributed by atoms with E-state index < -0.39 is 18.0 Å². The van der Waals surface area contributed by atoms with Crippen molar-refractivity contribution in [1.29, 1.82) is 0 Å². The van der Waals surface area contributed by atoms with Crippen LogP contribution in [-0.2, 0) is 0 Å². The average Bonchev–Trinajstić information content (AvgIpc) is 2.59. The minimum atomic E-state index is -4.39. The number of carbonyl (C=O) groups excluding carboxylic acids is 1. The molecule has 1 amide bonds. The molecule has 2 aromatic carbocycles. The summed E-state index contributed by atoms with van der Waals surface area (Å²) in [5.74, 6) is -2.26. The summed E-state index contributed by atoms with van der Waals surface area (Å²) in [6.07, 6.45) is -2.97. The van der Waals surface area contributed by atoms with Crippen LogP contribution in [-0.4, -0.2) is 22.3 Å². The van der Waals surface area contributed by atoms with E-state index in [0.717, 1.165) is 18.1 Å². The highest BCUT2D eigenvalue weighted by atomic mass is 19.4. The van der Waals surface area contributed by atoms with Crippen LogP contribution in [0.5, 0.6) is 0 Å². The number of alkyl halides is 3. The number of carbonyl (C=O) groups is 1. The molecular formula is C18H14F3N3O. The Kier molecular flexibility index (Phi) is 4.16. The van der Waals surface area contributed by atoms with Crippen LogP contribution in [0.25, 0.3) is 21.9 Å². The number of primary amides is 1. The molecule has 0 bridgehead atoms. The number of amides is 1. The normalized spacial score (nSPS) is 13.0. The third-order valence-corrected chi connectivity index (χ3v) is 4.07. The van der Waals surface area contributed by atoms with Gasteiger partial charge in [0, 0.05) is 16.3 Å². The highest BCUT2D eigenvalue weighted by Gasteiger charge is 2.39. The van der Waals surface area contributed by atoms with E-state index in [0.29, 0.717) is 16.3 Å². The van der Waals surface area contributed by atoms with Crippen LogP contribution in [0.15, 0.2) is 48.7 Å². The molecule has 3 aromatic rings. The van der Waals surface area contributed by atoms with Crippen molar-refractivity contribution in [2.75, 3.05) is 0 Å². The van der Waals surface area contributed by atoms with Crippen LogP contribution >= 0.6 is 0 Å². The highest BCUT2D eigenvalue weighted by Crippen LogP contribution is 2.36. The summed E-state index contributed by atoms with van der Waals surface area (Å²) in [6.45, 7) is 1.06. The van der Waals surface area contributed by atoms with Crippen molar-refractivity contribution in [2.45, 2.75) is 19.0 Å². The molecule has 128 valence electrons. The number of aromatic nitrogens is 2.